The standard InChI is InChI=1S/C46H51N9O6S/c1-26(2)35(19-42(58)55-24-33(56)18-38(55)45(59)47-21-28-8-10-29(11-9-28)43-27(3)48-25-62-43)40-20-41(52-61-40)53-14-12-30(13-15-53)46(60)54-22-32(23-54)36-16-31-17-37(50-51-44(31)49-36)34-6-4-5-7-39(34)57/h4-11,16-17,20,25-26,30,32-33,35,38,56-57H,12-15,18-19,21-24H2,1-3H3,(H,47,59)(H,49,51)/t33-,35-,38+/m1/s1. The number of piperidine rings is 1. The largest absolute Gasteiger partial charge is 0.507 e. The molecule has 0 radical (unpaired) electrons. The fourth-order valence-electron chi connectivity index (χ4n) is 9.04. The summed E-state index contributed by atoms with van der Waals surface area (Å²) in [5.74, 6) is 0.972. The van der Waals surface area contributed by atoms with Crippen LogP contribution < -0.4 is 10.2 Å². The number of H-pyrrole nitrogens is 1. The molecule has 3 atom stereocenters. The summed E-state index contributed by atoms with van der Waals surface area (Å²) in [6.07, 6.45) is 0.901. The molecular formula is C46H51N9O6S. The van der Waals surface area contributed by atoms with Crippen molar-refractivity contribution in [1.82, 2.24) is 40.4 Å². The van der Waals surface area contributed by atoms with E-state index in [0.29, 0.717) is 74.0 Å². The number of aryl methyl sites for hydroxylation is 1. The summed E-state index contributed by atoms with van der Waals surface area (Å²) in [4.78, 5) is 55.3. The van der Waals surface area contributed by atoms with E-state index in [-0.39, 0.29) is 66.5 Å². The number of aromatic hydroxyl groups is 1. The highest BCUT2D eigenvalue weighted by Crippen LogP contribution is 2.36. The van der Waals surface area contributed by atoms with E-state index in [1.807, 2.05) is 79.7 Å². The Balaban J connectivity index is 0.757. The first-order valence-corrected chi connectivity index (χ1v) is 22.3. The summed E-state index contributed by atoms with van der Waals surface area (Å²) in [5.41, 5.74) is 7.74. The molecule has 3 amide bonds. The van der Waals surface area contributed by atoms with Crippen molar-refractivity contribution < 1.29 is 29.1 Å². The zero-order valence-electron chi connectivity index (χ0n) is 35.0. The Morgan fingerprint density at radius 2 is 1.77 bits per heavy atom. The highest BCUT2D eigenvalue weighted by Gasteiger charge is 2.41. The number of amides is 3. The van der Waals surface area contributed by atoms with Gasteiger partial charge in [-0.15, -0.1) is 21.5 Å². The number of aromatic amines is 1. The average molecular weight is 858 g/mol. The highest BCUT2D eigenvalue weighted by molar-refractivity contribution is 7.13. The number of aliphatic hydroxyl groups is 1. The number of carbonyl (C=O) groups is 3. The third-order valence-electron chi connectivity index (χ3n) is 12.8. The van der Waals surface area contributed by atoms with E-state index in [2.05, 4.69) is 41.6 Å². The van der Waals surface area contributed by atoms with Gasteiger partial charge < -0.3 is 39.7 Å². The van der Waals surface area contributed by atoms with Crippen molar-refractivity contribution >= 4 is 45.9 Å². The number of hydrogen-bond acceptors (Lipinski definition) is 12. The molecule has 3 saturated heterocycles. The van der Waals surface area contributed by atoms with Gasteiger partial charge in [-0.25, -0.2) is 4.98 Å². The molecule has 0 spiro atoms. The third kappa shape index (κ3) is 8.40. The number of phenols is 1. The lowest BCUT2D eigenvalue weighted by Crippen LogP contribution is -2.52. The number of hydrogen-bond donors (Lipinski definition) is 4. The maximum atomic E-state index is 13.9. The Bertz CT molecular complexity index is 2570. The second-order valence-corrected chi connectivity index (χ2v) is 18.1. The third-order valence-corrected chi connectivity index (χ3v) is 13.8. The number of anilines is 1. The molecule has 16 heteroatoms. The summed E-state index contributed by atoms with van der Waals surface area (Å²) in [6.45, 7) is 9.03. The monoisotopic (exact) mass is 857 g/mol. The number of fused-ring (bicyclic) bond motifs is 1. The van der Waals surface area contributed by atoms with Gasteiger partial charge in [-0.2, -0.15) is 0 Å². The molecule has 6 aromatic rings. The van der Waals surface area contributed by atoms with E-state index in [1.165, 1.54) is 4.90 Å². The van der Waals surface area contributed by atoms with Gasteiger partial charge in [0.1, 0.15) is 17.6 Å². The maximum Gasteiger partial charge on any atom is 0.243 e. The quantitative estimate of drug-likeness (QED) is 0.113. The normalized spacial score (nSPS) is 19.0. The van der Waals surface area contributed by atoms with Crippen molar-refractivity contribution in [3.05, 3.63) is 95.0 Å². The first-order chi connectivity index (χ1) is 30.0. The van der Waals surface area contributed by atoms with Gasteiger partial charge in [0.2, 0.25) is 17.7 Å². The molecule has 62 heavy (non-hydrogen) atoms. The minimum Gasteiger partial charge on any atom is -0.507 e. The molecule has 2 aromatic carbocycles. The van der Waals surface area contributed by atoms with Crippen molar-refractivity contribution in [3.8, 4) is 27.4 Å². The number of benzene rings is 2. The van der Waals surface area contributed by atoms with Gasteiger partial charge in [-0.1, -0.05) is 55.4 Å². The second kappa shape index (κ2) is 17.3. The zero-order chi connectivity index (χ0) is 43.1. The van der Waals surface area contributed by atoms with Crippen LogP contribution in [0.25, 0.3) is 32.7 Å². The number of thiazole rings is 1. The van der Waals surface area contributed by atoms with Crippen molar-refractivity contribution in [2.75, 3.05) is 37.6 Å². The van der Waals surface area contributed by atoms with Crippen LogP contribution in [0, 0.1) is 18.8 Å². The highest BCUT2D eigenvalue weighted by atomic mass is 32.1. The topological polar surface area (TPSA) is 194 Å². The smallest absolute Gasteiger partial charge is 0.243 e. The van der Waals surface area contributed by atoms with E-state index in [1.54, 1.807) is 23.5 Å². The van der Waals surface area contributed by atoms with Crippen LogP contribution in [0.2, 0.25) is 0 Å². The lowest BCUT2D eigenvalue weighted by Gasteiger charge is -2.42. The van der Waals surface area contributed by atoms with Crippen molar-refractivity contribution in [3.63, 3.8) is 0 Å². The molecule has 4 N–H and O–H groups in total. The number of para-hydroxylation sites is 1. The Hall–Kier alpha value is -6.13. The van der Waals surface area contributed by atoms with Gasteiger partial charge in [0.25, 0.3) is 0 Å². The average Bonchev–Trinajstić information content (AvgIpc) is 4.08. The molecule has 7 heterocycles. The molecule has 15 nitrogen and oxygen atoms in total. The molecule has 4 aromatic heterocycles. The fraction of sp³-hybridized carbons (Fsp3) is 0.413. The number of carbonyl (C=O) groups excluding carboxylic acids is 3. The van der Waals surface area contributed by atoms with E-state index in [0.717, 1.165) is 32.8 Å². The van der Waals surface area contributed by atoms with E-state index < -0.39 is 12.1 Å². The number of rotatable bonds is 12. The molecule has 0 saturated carbocycles. The maximum absolute atomic E-state index is 13.9. The van der Waals surface area contributed by atoms with Crippen molar-refractivity contribution in [2.45, 2.75) is 77.0 Å². The van der Waals surface area contributed by atoms with Gasteiger partial charge in [0.05, 0.1) is 27.9 Å². The van der Waals surface area contributed by atoms with Crippen LogP contribution >= 0.6 is 11.3 Å². The van der Waals surface area contributed by atoms with Crippen LogP contribution in [0.15, 0.2) is 76.8 Å². The Morgan fingerprint density at radius 1 is 1.00 bits per heavy atom. The molecule has 3 aliphatic heterocycles. The zero-order valence-corrected chi connectivity index (χ0v) is 35.8. The molecule has 3 aliphatic rings. The predicted octanol–water partition coefficient (Wildman–Crippen LogP) is 6.00. The minimum atomic E-state index is -0.787. The summed E-state index contributed by atoms with van der Waals surface area (Å²) >= 11 is 1.59. The van der Waals surface area contributed by atoms with Crippen LogP contribution in [-0.4, -0.2) is 108 Å². The molecule has 0 bridgehead atoms. The summed E-state index contributed by atoms with van der Waals surface area (Å²) in [5, 5.41) is 37.8. The molecule has 0 aliphatic carbocycles. The number of β-amino-alcohol motifs (C(OH)–C–C–N with tert-alkyl or cyclic N) is 1. The molecule has 322 valence electrons. The molecule has 0 unspecified atom stereocenters. The Labute approximate surface area is 363 Å². The van der Waals surface area contributed by atoms with Gasteiger partial charge >= 0.3 is 0 Å². The molecule has 3 fully saturated rings. The van der Waals surface area contributed by atoms with Crippen molar-refractivity contribution in [2.24, 2.45) is 11.8 Å². The van der Waals surface area contributed by atoms with Crippen LogP contribution in [0.4, 0.5) is 5.82 Å². The number of likely N-dealkylation sites (tertiary alicyclic amines) is 2. The lowest BCUT2D eigenvalue weighted by molar-refractivity contribution is -0.140. The van der Waals surface area contributed by atoms with Crippen LogP contribution in [0.5, 0.6) is 5.75 Å². The van der Waals surface area contributed by atoms with Crippen molar-refractivity contribution in [1.29, 1.82) is 0 Å². The first-order valence-electron chi connectivity index (χ1n) is 21.4. The fourth-order valence-corrected chi connectivity index (χ4v) is 9.85. The predicted molar refractivity (Wildman–Crippen MR) is 234 cm³/mol. The molecule has 9 rings (SSSR count). The van der Waals surface area contributed by atoms with Crippen LogP contribution in [0.1, 0.15) is 74.1 Å². The Morgan fingerprint density at radius 3 is 2.50 bits per heavy atom. The van der Waals surface area contributed by atoms with Gasteiger partial charge in [0.15, 0.2) is 11.5 Å². The number of aromatic nitrogens is 5. The van der Waals surface area contributed by atoms with Gasteiger partial charge in [-0.3, -0.25) is 14.4 Å². The number of phenolic OH excluding ortho intramolecular Hbond substituents is 1. The summed E-state index contributed by atoms with van der Waals surface area (Å²) in [6, 6.07) is 20.2. The Kier molecular flexibility index (Phi) is 11.5. The van der Waals surface area contributed by atoms with E-state index >= 15 is 0 Å². The van der Waals surface area contributed by atoms with E-state index in [9.17, 15) is 24.6 Å². The van der Waals surface area contributed by atoms with Crippen LogP contribution in [-0.2, 0) is 20.9 Å². The number of nitrogens with one attached hydrogen (secondary N) is 2. The minimum absolute atomic E-state index is 0.0403. The summed E-state index contributed by atoms with van der Waals surface area (Å²) in [7, 11) is 0. The second-order valence-electron chi connectivity index (χ2n) is 17.3. The van der Waals surface area contributed by atoms with Gasteiger partial charge in [-0.05, 0) is 61.1 Å². The lowest BCUT2D eigenvalue weighted by atomic mass is 9.89. The van der Waals surface area contributed by atoms with Crippen LogP contribution in [0.3, 0.4) is 0 Å². The summed E-state index contributed by atoms with van der Waals surface area (Å²) < 4.78 is 5.88. The number of nitrogens with zero attached hydrogens (tertiary/aromatic N) is 7. The number of aliphatic hydroxyl groups excluding tert-OH is 1. The van der Waals surface area contributed by atoms with E-state index in [4.69, 9.17) is 4.52 Å². The SMILES string of the molecule is Cc1ncsc1-c1ccc(CNC(=O)[C@@H]2C[C@@H](O)CN2C(=O)C[C@@H](c2cc(N3CCC(C(=O)N4CC(c5cc6cc(-c7ccccc7O)nnc6[nH]5)C4)CC3)no2)C(C)C)cc1. The molecular weight excluding hydrogens is 807 g/mol. The van der Waals surface area contributed by atoms with Gasteiger partial charge in [0, 0.05) is 92.6 Å². The first kappa shape index (κ1) is 41.2.